The Bertz CT molecular complexity index is 245. The molecule has 1 aliphatic heterocycles. The second-order valence-corrected chi connectivity index (χ2v) is 4.67. The van der Waals surface area contributed by atoms with E-state index < -0.39 is 0 Å². The fourth-order valence-corrected chi connectivity index (χ4v) is 1.94. The summed E-state index contributed by atoms with van der Waals surface area (Å²) in [6.45, 7) is 7.07. The number of rotatable bonds is 3. The largest absolute Gasteiger partial charge is 1.00 e. The molecular weight excluding hydrogens is 243 g/mol. The van der Waals surface area contributed by atoms with Gasteiger partial charge in [0.15, 0.2) is 0 Å². The van der Waals surface area contributed by atoms with Gasteiger partial charge in [-0.05, 0) is 18.3 Å². The second kappa shape index (κ2) is 8.25. The van der Waals surface area contributed by atoms with Crippen molar-refractivity contribution in [3.05, 3.63) is 0 Å². The zero-order valence-electron chi connectivity index (χ0n) is 11.7. The summed E-state index contributed by atoms with van der Waals surface area (Å²) in [5, 5.41) is 10.9. The maximum atomic E-state index is 11.4. The van der Waals surface area contributed by atoms with E-state index in [9.17, 15) is 9.90 Å². The van der Waals surface area contributed by atoms with Crippen LogP contribution in [0.3, 0.4) is 0 Å². The average Bonchev–Trinajstić information content (AvgIpc) is 3.07. The van der Waals surface area contributed by atoms with E-state index in [-0.39, 0.29) is 69.3 Å². The molecule has 5 heteroatoms. The summed E-state index contributed by atoms with van der Waals surface area (Å²) >= 11 is 0. The van der Waals surface area contributed by atoms with Crippen LogP contribution in [0.15, 0.2) is 0 Å². The fraction of sp³-hybridized carbons (Fsp3) is 0.917. The van der Waals surface area contributed by atoms with E-state index in [0.29, 0.717) is 6.54 Å². The molecule has 0 N–H and O–H groups in total. The fourth-order valence-electron chi connectivity index (χ4n) is 1.94. The quantitative estimate of drug-likeness (QED) is 0.509. The Morgan fingerprint density at radius 1 is 1.29 bits per heavy atom. The molecule has 17 heavy (non-hydrogen) atoms. The van der Waals surface area contributed by atoms with Crippen LogP contribution in [0.25, 0.3) is 0 Å². The summed E-state index contributed by atoms with van der Waals surface area (Å²) in [5.74, 6) is 0.179. The van der Waals surface area contributed by atoms with Crippen molar-refractivity contribution in [2.75, 3.05) is 39.8 Å². The molecule has 0 aromatic heterocycles. The van der Waals surface area contributed by atoms with E-state index in [1.807, 2.05) is 20.9 Å². The Morgan fingerprint density at radius 3 is 2.29 bits per heavy atom. The van der Waals surface area contributed by atoms with Crippen LogP contribution in [0.2, 0.25) is 0 Å². The molecule has 2 fully saturated rings. The van der Waals surface area contributed by atoms with E-state index in [2.05, 4.69) is 4.90 Å². The summed E-state index contributed by atoms with van der Waals surface area (Å²) in [6, 6.07) is 0. The molecule has 0 aromatic rings. The molecule has 0 bridgehead atoms. The number of nitrogens with zero attached hydrogens (tertiary/aromatic N) is 2. The summed E-state index contributed by atoms with van der Waals surface area (Å²) in [5.41, 5.74) is 0.0240. The molecule has 1 heterocycles. The van der Waals surface area contributed by atoms with Gasteiger partial charge >= 0.3 is 51.4 Å². The SMILES string of the molecule is CC.CN1CCN(CC2(C[O-])CC2)CC1=O.[K+]. The predicted octanol–water partition coefficient (Wildman–Crippen LogP) is -3.07. The molecular formula is C12H23KN2O2. The van der Waals surface area contributed by atoms with Gasteiger partial charge in [-0.25, -0.2) is 0 Å². The van der Waals surface area contributed by atoms with E-state index in [0.717, 1.165) is 32.5 Å². The van der Waals surface area contributed by atoms with Crippen LogP contribution in [-0.4, -0.2) is 55.5 Å². The topological polar surface area (TPSA) is 46.6 Å². The standard InChI is InChI=1S/C10H17N2O2.C2H6.K/c1-11-4-5-12(6-9(11)14)7-10(8-13)2-3-10;1-2;/h2-8H2,1H3;1-2H3;/q-1;;+1. The van der Waals surface area contributed by atoms with Crippen LogP contribution in [0.5, 0.6) is 0 Å². The molecule has 94 valence electrons. The molecule has 2 rings (SSSR count). The van der Waals surface area contributed by atoms with Gasteiger partial charge < -0.3 is 10.0 Å². The van der Waals surface area contributed by atoms with E-state index in [1.165, 1.54) is 0 Å². The van der Waals surface area contributed by atoms with Gasteiger partial charge in [-0.2, -0.15) is 0 Å². The van der Waals surface area contributed by atoms with E-state index in [4.69, 9.17) is 0 Å². The monoisotopic (exact) mass is 266 g/mol. The van der Waals surface area contributed by atoms with Gasteiger partial charge in [0.25, 0.3) is 0 Å². The first-order valence-electron chi connectivity index (χ1n) is 6.20. The van der Waals surface area contributed by atoms with Crippen LogP contribution < -0.4 is 56.5 Å². The zero-order chi connectivity index (χ0) is 12.2. The number of hydrogen-bond acceptors (Lipinski definition) is 3. The molecule has 1 saturated heterocycles. The van der Waals surface area contributed by atoms with Crippen molar-refractivity contribution in [3.8, 4) is 0 Å². The van der Waals surface area contributed by atoms with Gasteiger partial charge in [0, 0.05) is 26.7 Å². The number of carbonyl (C=O) groups excluding carboxylic acids is 1. The molecule has 0 aromatic carbocycles. The number of amides is 1. The molecule has 0 atom stereocenters. The number of hydrogen-bond donors (Lipinski definition) is 0. The minimum absolute atomic E-state index is 0. The summed E-state index contributed by atoms with van der Waals surface area (Å²) in [6.07, 6.45) is 2.11. The summed E-state index contributed by atoms with van der Waals surface area (Å²) < 4.78 is 0. The van der Waals surface area contributed by atoms with E-state index >= 15 is 0 Å². The van der Waals surface area contributed by atoms with Crippen LogP contribution >= 0.6 is 0 Å². The maximum absolute atomic E-state index is 11.4. The van der Waals surface area contributed by atoms with Crippen molar-refractivity contribution in [1.29, 1.82) is 0 Å². The van der Waals surface area contributed by atoms with Gasteiger partial charge in [0.2, 0.25) is 5.91 Å². The second-order valence-electron chi connectivity index (χ2n) is 4.67. The Morgan fingerprint density at radius 2 is 1.88 bits per heavy atom. The normalized spacial score (nSPS) is 22.4. The summed E-state index contributed by atoms with van der Waals surface area (Å²) in [7, 11) is 1.83. The third kappa shape index (κ3) is 5.26. The molecule has 0 radical (unpaired) electrons. The van der Waals surface area contributed by atoms with Crippen LogP contribution in [0, 0.1) is 5.41 Å². The van der Waals surface area contributed by atoms with Crippen molar-refractivity contribution in [1.82, 2.24) is 9.80 Å². The van der Waals surface area contributed by atoms with E-state index in [1.54, 1.807) is 4.90 Å². The van der Waals surface area contributed by atoms with Crippen molar-refractivity contribution in [3.63, 3.8) is 0 Å². The number of likely N-dealkylation sites (N-methyl/N-ethyl adjacent to an activating group) is 1. The zero-order valence-corrected chi connectivity index (χ0v) is 14.8. The molecule has 4 nitrogen and oxygen atoms in total. The molecule has 0 unspecified atom stereocenters. The molecule has 1 amide bonds. The van der Waals surface area contributed by atoms with Crippen LogP contribution in [-0.2, 0) is 4.79 Å². The Balaban J connectivity index is 0.000000811. The molecule has 1 saturated carbocycles. The first-order chi connectivity index (χ1) is 7.65. The first kappa shape index (κ1) is 18.0. The molecule has 0 spiro atoms. The third-order valence-corrected chi connectivity index (χ3v) is 3.36. The summed E-state index contributed by atoms with van der Waals surface area (Å²) in [4.78, 5) is 15.3. The van der Waals surface area contributed by atoms with Crippen LogP contribution in [0.4, 0.5) is 0 Å². The van der Waals surface area contributed by atoms with Gasteiger partial charge in [-0.3, -0.25) is 9.69 Å². The van der Waals surface area contributed by atoms with Crippen molar-refractivity contribution in [2.45, 2.75) is 26.7 Å². The number of carbonyl (C=O) groups is 1. The first-order valence-corrected chi connectivity index (χ1v) is 6.20. The third-order valence-electron chi connectivity index (χ3n) is 3.36. The predicted molar refractivity (Wildman–Crippen MR) is 62.0 cm³/mol. The minimum Gasteiger partial charge on any atom is -0.854 e. The van der Waals surface area contributed by atoms with Crippen molar-refractivity contribution >= 4 is 5.91 Å². The van der Waals surface area contributed by atoms with Crippen molar-refractivity contribution in [2.24, 2.45) is 5.41 Å². The van der Waals surface area contributed by atoms with Gasteiger partial charge in [-0.15, -0.1) is 6.61 Å². The van der Waals surface area contributed by atoms with Crippen molar-refractivity contribution < 1.29 is 61.3 Å². The van der Waals surface area contributed by atoms with Crippen LogP contribution in [0.1, 0.15) is 26.7 Å². The Labute approximate surface area is 147 Å². The van der Waals surface area contributed by atoms with Gasteiger partial charge in [0.05, 0.1) is 6.54 Å². The average molecular weight is 266 g/mol. The minimum atomic E-state index is 0. The maximum Gasteiger partial charge on any atom is 1.00 e. The Hall–Kier alpha value is 1.03. The molecule has 1 aliphatic carbocycles. The smallest absolute Gasteiger partial charge is 0.854 e. The Kier molecular flexibility index (Phi) is 8.75. The molecule has 2 aliphatic rings. The number of piperazine rings is 1. The van der Waals surface area contributed by atoms with Gasteiger partial charge in [0.1, 0.15) is 0 Å². The van der Waals surface area contributed by atoms with Gasteiger partial charge in [-0.1, -0.05) is 13.8 Å².